The maximum absolute atomic E-state index is 10.7. The van der Waals surface area contributed by atoms with Gasteiger partial charge in [-0.15, -0.1) is 0 Å². The zero-order chi connectivity index (χ0) is 12.7. The maximum Gasteiger partial charge on any atom is 0.474 e. The SMILES string of the molecule is [C-]#[N+]c1cc(C(=O)O)cnc1N=C1OB1C1[B]O1. The van der Waals surface area contributed by atoms with Crippen LogP contribution in [0.5, 0.6) is 0 Å². The normalized spacial score (nSPS) is 21.8. The van der Waals surface area contributed by atoms with Crippen molar-refractivity contribution in [3.05, 3.63) is 29.2 Å². The van der Waals surface area contributed by atoms with E-state index in [4.69, 9.17) is 21.0 Å². The highest BCUT2D eigenvalue weighted by atomic mass is 16.6. The average molecular weight is 240 g/mol. The predicted octanol–water partition coefficient (Wildman–Crippen LogP) is 0.436. The van der Waals surface area contributed by atoms with Crippen molar-refractivity contribution >= 4 is 37.7 Å². The maximum atomic E-state index is 10.7. The fourth-order valence-corrected chi connectivity index (χ4v) is 1.42. The summed E-state index contributed by atoms with van der Waals surface area (Å²) in [5.41, 5.74) is 0.0365. The minimum Gasteiger partial charge on any atom is -0.544 e. The molecule has 7 nitrogen and oxygen atoms in total. The molecule has 1 N–H and O–H groups in total. The van der Waals surface area contributed by atoms with Crippen molar-refractivity contribution in [1.82, 2.24) is 4.98 Å². The van der Waals surface area contributed by atoms with E-state index in [-0.39, 0.29) is 29.9 Å². The van der Waals surface area contributed by atoms with Crippen molar-refractivity contribution in [3.8, 4) is 0 Å². The number of aromatic carboxylic acids is 1. The Bertz CT molecular complexity index is 608. The molecule has 0 aromatic carbocycles. The molecular weight excluding hydrogens is 236 g/mol. The van der Waals surface area contributed by atoms with Crippen LogP contribution in [0.15, 0.2) is 17.3 Å². The number of carboxylic acids is 1. The Morgan fingerprint density at radius 2 is 2.50 bits per heavy atom. The summed E-state index contributed by atoms with van der Waals surface area (Å²) >= 11 is 0. The molecule has 2 aliphatic heterocycles. The molecule has 3 rings (SSSR count). The molecule has 1 aromatic rings. The lowest BCUT2D eigenvalue weighted by atomic mass is 9.65. The number of aliphatic imine (C=N–C) groups is 1. The van der Waals surface area contributed by atoms with Crippen LogP contribution in [0.25, 0.3) is 4.85 Å². The quantitative estimate of drug-likeness (QED) is 0.469. The highest BCUT2D eigenvalue weighted by molar-refractivity contribution is 7.04. The standard InChI is InChI=1S/C9H4B2N3O4/c1-12-5-2-4(7(15)16)3-13-6(5)14-9-11(18-9)8-10-17-8/h2-3,8H,(H,15,16). The van der Waals surface area contributed by atoms with Crippen LogP contribution < -0.4 is 0 Å². The zero-order valence-electron chi connectivity index (χ0n) is 8.90. The van der Waals surface area contributed by atoms with Crippen LogP contribution in [0.4, 0.5) is 11.5 Å². The van der Waals surface area contributed by atoms with Crippen LogP contribution in [0.2, 0.25) is 0 Å². The zero-order valence-corrected chi connectivity index (χ0v) is 8.90. The molecule has 1 radical (unpaired) electrons. The van der Waals surface area contributed by atoms with Gasteiger partial charge in [0, 0.05) is 6.20 Å². The van der Waals surface area contributed by atoms with E-state index in [0.717, 1.165) is 6.20 Å². The summed E-state index contributed by atoms with van der Waals surface area (Å²) < 4.78 is 10.1. The van der Waals surface area contributed by atoms with Crippen molar-refractivity contribution in [2.75, 3.05) is 0 Å². The number of carbonyl (C=O) groups is 1. The summed E-state index contributed by atoms with van der Waals surface area (Å²) in [6, 6.07) is 1.23. The smallest absolute Gasteiger partial charge is 0.474 e. The minimum absolute atomic E-state index is 0.0444. The lowest BCUT2D eigenvalue weighted by molar-refractivity contribution is 0.0696. The van der Waals surface area contributed by atoms with Gasteiger partial charge in [0.25, 0.3) is 0 Å². The third-order valence-corrected chi connectivity index (χ3v) is 2.46. The van der Waals surface area contributed by atoms with E-state index in [2.05, 4.69) is 14.8 Å². The Kier molecular flexibility index (Phi) is 2.31. The number of pyridine rings is 1. The molecule has 0 saturated carbocycles. The molecule has 2 aliphatic rings. The van der Waals surface area contributed by atoms with Gasteiger partial charge in [-0.3, -0.25) is 0 Å². The van der Waals surface area contributed by atoms with Crippen LogP contribution in [-0.4, -0.2) is 42.2 Å². The highest BCUT2D eigenvalue weighted by Crippen LogP contribution is 2.31. The molecule has 2 saturated heterocycles. The summed E-state index contributed by atoms with van der Waals surface area (Å²) in [6.45, 7) is 6.79. The van der Waals surface area contributed by atoms with E-state index < -0.39 is 5.97 Å². The van der Waals surface area contributed by atoms with E-state index in [1.54, 1.807) is 7.48 Å². The molecule has 9 heteroatoms. The Labute approximate surface area is 103 Å². The highest BCUT2D eigenvalue weighted by Gasteiger charge is 2.57. The first-order valence-electron chi connectivity index (χ1n) is 5.04. The second-order valence-corrected chi connectivity index (χ2v) is 3.71. The first kappa shape index (κ1) is 10.8. The number of aromatic nitrogens is 1. The molecule has 1 aromatic heterocycles. The Hall–Kier alpha value is -2.33. The third kappa shape index (κ3) is 1.94. The molecule has 0 aliphatic carbocycles. The molecule has 0 bridgehead atoms. The number of hydrogen-bond donors (Lipinski definition) is 1. The number of rotatable bonds is 3. The van der Waals surface area contributed by atoms with Crippen LogP contribution in [0.3, 0.4) is 0 Å². The first-order valence-corrected chi connectivity index (χ1v) is 5.04. The van der Waals surface area contributed by atoms with Gasteiger partial charge >= 0.3 is 20.4 Å². The van der Waals surface area contributed by atoms with Crippen molar-refractivity contribution < 1.29 is 19.2 Å². The van der Waals surface area contributed by atoms with Gasteiger partial charge in [-0.1, -0.05) is 0 Å². The Morgan fingerprint density at radius 1 is 1.72 bits per heavy atom. The Balaban J connectivity index is 1.88. The van der Waals surface area contributed by atoms with Crippen molar-refractivity contribution in [2.45, 2.75) is 5.90 Å². The van der Waals surface area contributed by atoms with Gasteiger partial charge in [0.15, 0.2) is 11.6 Å². The van der Waals surface area contributed by atoms with Gasteiger partial charge in [-0.05, 0) is 6.07 Å². The van der Waals surface area contributed by atoms with Gasteiger partial charge in [-0.25, -0.2) is 19.6 Å². The summed E-state index contributed by atoms with van der Waals surface area (Å²) in [5.74, 6) is -0.575. The molecule has 1 atom stereocenters. The van der Waals surface area contributed by atoms with Crippen LogP contribution >= 0.6 is 0 Å². The van der Waals surface area contributed by atoms with Gasteiger partial charge < -0.3 is 14.4 Å². The fraction of sp³-hybridized carbons (Fsp3) is 0.111. The number of nitrogens with zero attached hydrogens (tertiary/aromatic N) is 3. The van der Waals surface area contributed by atoms with E-state index in [9.17, 15) is 4.79 Å². The second-order valence-electron chi connectivity index (χ2n) is 3.71. The van der Waals surface area contributed by atoms with E-state index >= 15 is 0 Å². The molecule has 2 fully saturated rings. The Morgan fingerprint density at radius 3 is 3.11 bits per heavy atom. The molecule has 85 valence electrons. The van der Waals surface area contributed by atoms with Crippen molar-refractivity contribution in [3.63, 3.8) is 0 Å². The topological polar surface area (TPSA) is 92.0 Å². The number of carboxylic acid groups (broad SMARTS) is 1. The lowest BCUT2D eigenvalue weighted by Gasteiger charge is -1.97. The lowest BCUT2D eigenvalue weighted by Crippen LogP contribution is -2.04. The van der Waals surface area contributed by atoms with Crippen LogP contribution in [0, 0.1) is 6.57 Å². The molecule has 18 heavy (non-hydrogen) atoms. The van der Waals surface area contributed by atoms with Gasteiger partial charge in [0.05, 0.1) is 18.0 Å². The van der Waals surface area contributed by atoms with Crippen molar-refractivity contribution in [1.29, 1.82) is 0 Å². The molecule has 0 spiro atoms. The molecular formula is C9H4B2N3O4. The first-order chi connectivity index (χ1) is 8.69. The molecule has 3 heterocycles. The van der Waals surface area contributed by atoms with E-state index in [0.29, 0.717) is 5.80 Å². The number of hydrogen-bond acceptors (Lipinski definition) is 5. The minimum atomic E-state index is -1.13. The van der Waals surface area contributed by atoms with Crippen LogP contribution in [-0.2, 0) is 9.31 Å². The van der Waals surface area contributed by atoms with Gasteiger partial charge in [-0.2, -0.15) is 0 Å². The predicted molar refractivity (Wildman–Crippen MR) is 62.0 cm³/mol. The van der Waals surface area contributed by atoms with E-state index in [1.807, 2.05) is 0 Å². The third-order valence-electron chi connectivity index (χ3n) is 2.46. The van der Waals surface area contributed by atoms with E-state index in [1.165, 1.54) is 6.07 Å². The second kappa shape index (κ2) is 3.85. The monoisotopic (exact) mass is 240 g/mol. The largest absolute Gasteiger partial charge is 0.544 e. The summed E-state index contributed by atoms with van der Waals surface area (Å²) in [7, 11) is 1.63. The summed E-state index contributed by atoms with van der Waals surface area (Å²) in [4.78, 5) is 21.9. The summed E-state index contributed by atoms with van der Waals surface area (Å²) in [6.07, 6.45) is 1.16. The fourth-order valence-electron chi connectivity index (χ4n) is 1.42. The van der Waals surface area contributed by atoms with Gasteiger partial charge in [0.2, 0.25) is 5.69 Å². The van der Waals surface area contributed by atoms with Gasteiger partial charge in [0.1, 0.15) is 0 Å². The average Bonchev–Trinajstić information content (AvgIpc) is 3.22. The van der Waals surface area contributed by atoms with Crippen molar-refractivity contribution in [2.24, 2.45) is 4.99 Å². The molecule has 0 amide bonds. The molecule has 1 unspecified atom stereocenters. The summed E-state index contributed by atoms with van der Waals surface area (Å²) in [5, 5.41) is 8.79. The van der Waals surface area contributed by atoms with Crippen LogP contribution in [0.1, 0.15) is 10.4 Å².